The Morgan fingerprint density at radius 3 is 2.22 bits per heavy atom. The fraction of sp³-hybridized carbons (Fsp3) is 0.391. The van der Waals surface area contributed by atoms with E-state index in [0.717, 1.165) is 17.7 Å². The molecule has 4 heteroatoms. The van der Waals surface area contributed by atoms with Gasteiger partial charge in [-0.2, -0.15) is 0 Å². The van der Waals surface area contributed by atoms with Gasteiger partial charge in [-0.15, -0.1) is 0 Å². The van der Waals surface area contributed by atoms with Gasteiger partial charge in [0, 0.05) is 30.3 Å². The number of nitrogens with zero attached hydrogens (tertiary/aromatic N) is 1. The number of para-hydroxylation sites is 1. The van der Waals surface area contributed by atoms with Gasteiger partial charge in [-0.05, 0) is 55.0 Å². The molecule has 0 spiro atoms. The second kappa shape index (κ2) is 8.85. The van der Waals surface area contributed by atoms with E-state index in [1.807, 2.05) is 59.5 Å². The zero-order valence-electron chi connectivity index (χ0n) is 16.2. The first-order chi connectivity index (χ1) is 13.0. The van der Waals surface area contributed by atoms with E-state index in [0.29, 0.717) is 31.8 Å². The highest BCUT2D eigenvalue weighted by atomic mass is 16.2. The number of amides is 2. The van der Waals surface area contributed by atoms with Crippen LogP contribution in [0, 0.1) is 11.8 Å². The van der Waals surface area contributed by atoms with E-state index < -0.39 is 0 Å². The monoisotopic (exact) mass is 364 g/mol. The second-order valence-corrected chi connectivity index (χ2v) is 7.72. The molecule has 1 fully saturated rings. The van der Waals surface area contributed by atoms with E-state index >= 15 is 0 Å². The van der Waals surface area contributed by atoms with Crippen LogP contribution in [0.5, 0.6) is 0 Å². The molecule has 0 aromatic heterocycles. The van der Waals surface area contributed by atoms with Crippen molar-refractivity contribution in [3.63, 3.8) is 0 Å². The first-order valence-corrected chi connectivity index (χ1v) is 9.77. The number of anilines is 1. The molecule has 0 unspecified atom stereocenters. The standard InChI is InChI=1S/C23H28N2O2/c1-17(2)16-18-8-10-20(11-9-18)23(27)25-14-12-19(13-15-25)22(26)24-21-6-4-3-5-7-21/h3-11,17,19H,12-16H2,1-2H3,(H,24,26). The maximum Gasteiger partial charge on any atom is 0.253 e. The number of carbonyl (C=O) groups is 2. The molecule has 0 atom stereocenters. The van der Waals surface area contributed by atoms with Crippen molar-refractivity contribution in [2.45, 2.75) is 33.1 Å². The zero-order chi connectivity index (χ0) is 19.2. The van der Waals surface area contributed by atoms with Crippen LogP contribution in [0.4, 0.5) is 5.69 Å². The molecule has 1 N–H and O–H groups in total. The summed E-state index contributed by atoms with van der Waals surface area (Å²) in [6.07, 6.45) is 2.43. The third-order valence-electron chi connectivity index (χ3n) is 5.04. The van der Waals surface area contributed by atoms with Crippen LogP contribution in [-0.2, 0) is 11.2 Å². The number of piperidine rings is 1. The van der Waals surface area contributed by atoms with Crippen LogP contribution in [-0.4, -0.2) is 29.8 Å². The summed E-state index contributed by atoms with van der Waals surface area (Å²) in [5.74, 6) is 0.676. The minimum Gasteiger partial charge on any atom is -0.339 e. The summed E-state index contributed by atoms with van der Waals surface area (Å²) in [7, 11) is 0. The minimum atomic E-state index is -0.0392. The summed E-state index contributed by atoms with van der Waals surface area (Å²) in [6, 6.07) is 17.5. The number of nitrogens with one attached hydrogen (secondary N) is 1. The smallest absolute Gasteiger partial charge is 0.253 e. The second-order valence-electron chi connectivity index (χ2n) is 7.72. The molecule has 0 aliphatic carbocycles. The molecule has 2 aromatic rings. The van der Waals surface area contributed by atoms with Crippen LogP contribution >= 0.6 is 0 Å². The molecule has 0 bridgehead atoms. The Morgan fingerprint density at radius 2 is 1.63 bits per heavy atom. The van der Waals surface area contributed by atoms with E-state index in [9.17, 15) is 9.59 Å². The van der Waals surface area contributed by atoms with Gasteiger partial charge in [0.15, 0.2) is 0 Å². The fourth-order valence-corrected chi connectivity index (χ4v) is 3.55. The van der Waals surface area contributed by atoms with E-state index in [1.54, 1.807) is 0 Å². The van der Waals surface area contributed by atoms with Crippen molar-refractivity contribution in [3.05, 3.63) is 65.7 Å². The van der Waals surface area contributed by atoms with Gasteiger partial charge >= 0.3 is 0 Å². The van der Waals surface area contributed by atoms with Gasteiger partial charge in [0.25, 0.3) is 5.91 Å². The van der Waals surface area contributed by atoms with Crippen molar-refractivity contribution >= 4 is 17.5 Å². The zero-order valence-corrected chi connectivity index (χ0v) is 16.2. The Hall–Kier alpha value is -2.62. The summed E-state index contributed by atoms with van der Waals surface area (Å²) in [5, 5.41) is 2.97. The van der Waals surface area contributed by atoms with Gasteiger partial charge in [-0.25, -0.2) is 0 Å². The first kappa shape index (κ1) is 19.2. The van der Waals surface area contributed by atoms with Crippen molar-refractivity contribution < 1.29 is 9.59 Å². The van der Waals surface area contributed by atoms with Crippen molar-refractivity contribution in [2.24, 2.45) is 11.8 Å². The van der Waals surface area contributed by atoms with Crippen LogP contribution < -0.4 is 5.32 Å². The van der Waals surface area contributed by atoms with E-state index in [1.165, 1.54) is 5.56 Å². The van der Waals surface area contributed by atoms with Crippen molar-refractivity contribution in [3.8, 4) is 0 Å². The Balaban J connectivity index is 1.52. The molecular weight excluding hydrogens is 336 g/mol. The summed E-state index contributed by atoms with van der Waals surface area (Å²) in [6.45, 7) is 5.63. The lowest BCUT2D eigenvalue weighted by atomic mass is 9.95. The lowest BCUT2D eigenvalue weighted by Crippen LogP contribution is -2.41. The third-order valence-corrected chi connectivity index (χ3v) is 5.04. The van der Waals surface area contributed by atoms with Crippen LogP contribution in [0.25, 0.3) is 0 Å². The summed E-state index contributed by atoms with van der Waals surface area (Å²) < 4.78 is 0. The predicted octanol–water partition coefficient (Wildman–Crippen LogP) is 4.38. The number of hydrogen-bond acceptors (Lipinski definition) is 2. The molecule has 142 valence electrons. The number of likely N-dealkylation sites (tertiary alicyclic amines) is 1. The minimum absolute atomic E-state index is 0.0392. The van der Waals surface area contributed by atoms with E-state index in [2.05, 4.69) is 19.2 Å². The van der Waals surface area contributed by atoms with Crippen molar-refractivity contribution in [1.29, 1.82) is 0 Å². The molecule has 0 saturated carbocycles. The average Bonchev–Trinajstić information content (AvgIpc) is 2.68. The van der Waals surface area contributed by atoms with Crippen molar-refractivity contribution in [1.82, 2.24) is 4.90 Å². The molecule has 3 rings (SSSR count). The number of benzene rings is 2. The molecular formula is C23H28N2O2. The lowest BCUT2D eigenvalue weighted by molar-refractivity contribution is -0.121. The highest BCUT2D eigenvalue weighted by Gasteiger charge is 2.27. The molecule has 2 amide bonds. The predicted molar refractivity (Wildman–Crippen MR) is 109 cm³/mol. The average molecular weight is 364 g/mol. The van der Waals surface area contributed by atoms with Crippen LogP contribution in [0.3, 0.4) is 0 Å². The Morgan fingerprint density at radius 1 is 1.00 bits per heavy atom. The van der Waals surface area contributed by atoms with Gasteiger partial charge in [0.1, 0.15) is 0 Å². The first-order valence-electron chi connectivity index (χ1n) is 9.77. The molecule has 27 heavy (non-hydrogen) atoms. The Kier molecular flexibility index (Phi) is 6.28. The molecule has 1 aliphatic rings. The maximum absolute atomic E-state index is 12.7. The summed E-state index contributed by atoms with van der Waals surface area (Å²) >= 11 is 0. The molecule has 4 nitrogen and oxygen atoms in total. The van der Waals surface area contributed by atoms with Gasteiger partial charge in [0.2, 0.25) is 5.91 Å². The normalized spacial score (nSPS) is 15.0. The number of hydrogen-bond donors (Lipinski definition) is 1. The topological polar surface area (TPSA) is 49.4 Å². The van der Waals surface area contributed by atoms with Gasteiger partial charge in [-0.1, -0.05) is 44.2 Å². The molecule has 1 heterocycles. The lowest BCUT2D eigenvalue weighted by Gasteiger charge is -2.31. The van der Waals surface area contributed by atoms with Gasteiger partial charge in [-0.3, -0.25) is 9.59 Å². The fourth-order valence-electron chi connectivity index (χ4n) is 3.55. The van der Waals surface area contributed by atoms with E-state index in [4.69, 9.17) is 0 Å². The molecule has 0 radical (unpaired) electrons. The van der Waals surface area contributed by atoms with Crippen LogP contribution in [0.1, 0.15) is 42.6 Å². The quantitative estimate of drug-likeness (QED) is 0.856. The third kappa shape index (κ3) is 5.19. The summed E-state index contributed by atoms with van der Waals surface area (Å²) in [5.41, 5.74) is 2.81. The molecule has 1 saturated heterocycles. The highest BCUT2D eigenvalue weighted by Crippen LogP contribution is 2.21. The van der Waals surface area contributed by atoms with Gasteiger partial charge in [0.05, 0.1) is 0 Å². The van der Waals surface area contributed by atoms with Crippen LogP contribution in [0.2, 0.25) is 0 Å². The van der Waals surface area contributed by atoms with E-state index in [-0.39, 0.29) is 17.7 Å². The molecule has 1 aliphatic heterocycles. The molecule has 2 aromatic carbocycles. The van der Waals surface area contributed by atoms with Crippen molar-refractivity contribution in [2.75, 3.05) is 18.4 Å². The number of rotatable bonds is 5. The Bertz CT molecular complexity index is 761. The largest absolute Gasteiger partial charge is 0.339 e. The Labute approximate surface area is 161 Å². The highest BCUT2D eigenvalue weighted by molar-refractivity contribution is 5.95. The summed E-state index contributed by atoms with van der Waals surface area (Å²) in [4.78, 5) is 27.0. The van der Waals surface area contributed by atoms with Gasteiger partial charge < -0.3 is 10.2 Å². The SMILES string of the molecule is CC(C)Cc1ccc(C(=O)N2CCC(C(=O)Nc3ccccc3)CC2)cc1. The van der Waals surface area contributed by atoms with Crippen LogP contribution in [0.15, 0.2) is 54.6 Å². The number of carbonyl (C=O) groups excluding carboxylic acids is 2. The maximum atomic E-state index is 12.7.